The van der Waals surface area contributed by atoms with Crippen molar-refractivity contribution in [3.8, 4) is 22.6 Å². The highest BCUT2D eigenvalue weighted by Crippen LogP contribution is 2.39. The van der Waals surface area contributed by atoms with Crippen LogP contribution in [0.5, 0.6) is 11.5 Å². The molecule has 134 valence electrons. The molecule has 0 bridgehead atoms. The number of fused-ring (bicyclic) bond motifs is 1. The van der Waals surface area contributed by atoms with E-state index in [2.05, 4.69) is 4.98 Å². The third-order valence-corrected chi connectivity index (χ3v) is 4.63. The number of methoxy groups -OCH3 is 2. The van der Waals surface area contributed by atoms with Gasteiger partial charge in [-0.15, -0.1) is 0 Å². The average Bonchev–Trinajstić information content (AvgIpc) is 3.11. The van der Waals surface area contributed by atoms with E-state index in [1.807, 2.05) is 72.8 Å². The van der Waals surface area contributed by atoms with Crippen LogP contribution in [0.4, 0.5) is 0 Å². The van der Waals surface area contributed by atoms with Crippen molar-refractivity contribution in [3.63, 3.8) is 0 Å². The Morgan fingerprint density at radius 3 is 2.04 bits per heavy atom. The first kappa shape index (κ1) is 16.9. The second-order valence-electron chi connectivity index (χ2n) is 6.19. The maximum Gasteiger partial charge on any atom is 0.209 e. The third-order valence-electron chi connectivity index (χ3n) is 4.63. The van der Waals surface area contributed by atoms with Gasteiger partial charge < -0.3 is 14.5 Å². The summed E-state index contributed by atoms with van der Waals surface area (Å²) in [5.74, 6) is 1.19. The van der Waals surface area contributed by atoms with E-state index in [-0.39, 0.29) is 5.78 Å². The molecule has 0 saturated carbocycles. The summed E-state index contributed by atoms with van der Waals surface area (Å²) in [5.41, 5.74) is 3.85. The van der Waals surface area contributed by atoms with Gasteiger partial charge in [-0.25, -0.2) is 0 Å². The van der Waals surface area contributed by atoms with Gasteiger partial charge in [0, 0.05) is 22.6 Å². The van der Waals surface area contributed by atoms with Crippen molar-refractivity contribution < 1.29 is 14.3 Å². The van der Waals surface area contributed by atoms with E-state index in [0.717, 1.165) is 22.0 Å². The normalized spacial score (nSPS) is 10.7. The number of nitrogens with one attached hydrogen (secondary N) is 1. The van der Waals surface area contributed by atoms with Gasteiger partial charge in [0.2, 0.25) is 5.78 Å². The van der Waals surface area contributed by atoms with Gasteiger partial charge in [0.25, 0.3) is 0 Å². The van der Waals surface area contributed by atoms with E-state index in [9.17, 15) is 4.79 Å². The van der Waals surface area contributed by atoms with E-state index in [4.69, 9.17) is 9.47 Å². The lowest BCUT2D eigenvalue weighted by atomic mass is 9.97. The Bertz CT molecular complexity index is 1100. The molecule has 4 rings (SSSR count). The maximum absolute atomic E-state index is 13.2. The molecule has 1 N–H and O–H groups in total. The van der Waals surface area contributed by atoms with Crippen molar-refractivity contribution in [2.24, 2.45) is 0 Å². The second-order valence-corrected chi connectivity index (χ2v) is 6.19. The summed E-state index contributed by atoms with van der Waals surface area (Å²) >= 11 is 0. The minimum absolute atomic E-state index is 0.0522. The van der Waals surface area contributed by atoms with Crippen LogP contribution in [0.3, 0.4) is 0 Å². The molecule has 27 heavy (non-hydrogen) atoms. The Kier molecular flexibility index (Phi) is 4.38. The van der Waals surface area contributed by atoms with Gasteiger partial charge in [0.15, 0.2) is 11.5 Å². The highest BCUT2D eigenvalue weighted by molar-refractivity contribution is 6.17. The van der Waals surface area contributed by atoms with Gasteiger partial charge in [-0.05, 0) is 11.6 Å². The molecule has 1 aromatic heterocycles. The van der Waals surface area contributed by atoms with Crippen molar-refractivity contribution >= 4 is 16.7 Å². The predicted octanol–water partition coefficient (Wildman–Crippen LogP) is 5.08. The average molecular weight is 357 g/mol. The van der Waals surface area contributed by atoms with Crippen molar-refractivity contribution in [2.75, 3.05) is 14.2 Å². The van der Waals surface area contributed by atoms with Gasteiger partial charge >= 0.3 is 0 Å². The van der Waals surface area contributed by atoms with Gasteiger partial charge in [-0.2, -0.15) is 0 Å². The number of carbonyl (C=O) groups is 1. The quantitative estimate of drug-likeness (QED) is 0.507. The first-order valence-corrected chi connectivity index (χ1v) is 8.65. The number of benzene rings is 3. The molecule has 3 aromatic carbocycles. The molecule has 0 amide bonds. The number of aromatic nitrogens is 1. The molecular formula is C23H19NO3. The fourth-order valence-corrected chi connectivity index (χ4v) is 3.33. The van der Waals surface area contributed by atoms with Crippen molar-refractivity contribution in [2.45, 2.75) is 0 Å². The predicted molar refractivity (Wildman–Crippen MR) is 107 cm³/mol. The third kappa shape index (κ3) is 2.95. The summed E-state index contributed by atoms with van der Waals surface area (Å²) in [6.45, 7) is 0. The lowest BCUT2D eigenvalue weighted by Crippen LogP contribution is -2.03. The van der Waals surface area contributed by atoms with Crippen LogP contribution in [0.25, 0.3) is 22.0 Å². The van der Waals surface area contributed by atoms with Crippen LogP contribution < -0.4 is 9.47 Å². The molecular weight excluding hydrogens is 338 g/mol. The summed E-state index contributed by atoms with van der Waals surface area (Å²) in [7, 11) is 3.20. The number of hydrogen-bond acceptors (Lipinski definition) is 3. The van der Waals surface area contributed by atoms with Crippen LogP contribution in [0, 0.1) is 0 Å². The molecule has 0 aliphatic heterocycles. The summed E-state index contributed by atoms with van der Waals surface area (Å²) in [5, 5.41) is 0.915. The number of hydrogen-bond donors (Lipinski definition) is 1. The van der Waals surface area contributed by atoms with E-state index in [1.54, 1.807) is 14.2 Å². The van der Waals surface area contributed by atoms with E-state index < -0.39 is 0 Å². The zero-order valence-corrected chi connectivity index (χ0v) is 15.2. The molecule has 0 atom stereocenters. The van der Waals surface area contributed by atoms with Crippen molar-refractivity contribution in [1.29, 1.82) is 0 Å². The molecule has 4 heteroatoms. The van der Waals surface area contributed by atoms with Crippen LogP contribution in [-0.2, 0) is 0 Å². The number of ketones is 1. The highest BCUT2D eigenvalue weighted by Gasteiger charge is 2.22. The first-order chi connectivity index (χ1) is 13.2. The maximum atomic E-state index is 13.2. The molecule has 0 radical (unpaired) electrons. The summed E-state index contributed by atoms with van der Waals surface area (Å²) in [6, 6.07) is 22.9. The number of ether oxygens (including phenoxy) is 2. The Hall–Kier alpha value is -3.53. The molecule has 0 spiro atoms. The smallest absolute Gasteiger partial charge is 0.209 e. The highest BCUT2D eigenvalue weighted by atomic mass is 16.5. The first-order valence-electron chi connectivity index (χ1n) is 8.65. The zero-order chi connectivity index (χ0) is 18.8. The van der Waals surface area contributed by atoms with Crippen LogP contribution in [-0.4, -0.2) is 25.0 Å². The van der Waals surface area contributed by atoms with Crippen LogP contribution >= 0.6 is 0 Å². The summed E-state index contributed by atoms with van der Waals surface area (Å²) in [6.07, 6.45) is 0. The molecule has 0 fully saturated rings. The van der Waals surface area contributed by atoms with Gasteiger partial charge in [0.05, 0.1) is 25.4 Å². The van der Waals surface area contributed by atoms with E-state index in [0.29, 0.717) is 22.8 Å². The van der Waals surface area contributed by atoms with Gasteiger partial charge in [-0.1, -0.05) is 60.7 Å². The Labute approximate surface area is 157 Å². The number of H-pyrrole nitrogens is 1. The van der Waals surface area contributed by atoms with Gasteiger partial charge in [-0.3, -0.25) is 4.79 Å². The zero-order valence-electron chi connectivity index (χ0n) is 15.2. The molecule has 0 saturated heterocycles. The number of aromatic amines is 1. The molecule has 0 unspecified atom stereocenters. The monoisotopic (exact) mass is 357 g/mol. The Morgan fingerprint density at radius 2 is 1.41 bits per heavy atom. The van der Waals surface area contributed by atoms with E-state index >= 15 is 0 Å². The fourth-order valence-electron chi connectivity index (χ4n) is 3.33. The molecule has 0 aliphatic rings. The molecule has 4 nitrogen and oxygen atoms in total. The van der Waals surface area contributed by atoms with Crippen LogP contribution in [0.2, 0.25) is 0 Å². The summed E-state index contributed by atoms with van der Waals surface area (Å²) in [4.78, 5) is 16.5. The Morgan fingerprint density at radius 1 is 0.815 bits per heavy atom. The van der Waals surface area contributed by atoms with Crippen LogP contribution in [0.15, 0.2) is 72.8 Å². The van der Waals surface area contributed by atoms with Crippen molar-refractivity contribution in [3.05, 3.63) is 84.1 Å². The molecule has 4 aromatic rings. The lowest BCUT2D eigenvalue weighted by Gasteiger charge is -2.08. The number of carbonyl (C=O) groups excluding carboxylic acids is 1. The van der Waals surface area contributed by atoms with Crippen LogP contribution in [0.1, 0.15) is 16.1 Å². The topological polar surface area (TPSA) is 51.3 Å². The Balaban J connectivity index is 2.01. The minimum Gasteiger partial charge on any atom is -0.493 e. The lowest BCUT2D eigenvalue weighted by molar-refractivity contribution is 0.103. The second kappa shape index (κ2) is 7.00. The summed E-state index contributed by atoms with van der Waals surface area (Å²) < 4.78 is 10.9. The largest absolute Gasteiger partial charge is 0.493 e. The molecule has 0 aliphatic carbocycles. The fraction of sp³-hybridized carbons (Fsp3) is 0.0870. The minimum atomic E-state index is -0.0522. The van der Waals surface area contributed by atoms with Crippen molar-refractivity contribution in [1.82, 2.24) is 4.98 Å². The van der Waals surface area contributed by atoms with Gasteiger partial charge in [0.1, 0.15) is 0 Å². The standard InChI is InChI=1S/C23H19NO3/c1-26-19-13-17-18(14-20(19)27-2)24-22(21(17)15-9-5-3-6-10-15)23(25)16-11-7-4-8-12-16/h3-14,24H,1-2H3. The number of rotatable bonds is 5. The molecule has 1 heterocycles. The SMILES string of the molecule is COc1cc2[nH]c(C(=O)c3ccccc3)c(-c3ccccc3)c2cc1OC. The van der Waals surface area contributed by atoms with E-state index in [1.165, 1.54) is 0 Å².